The van der Waals surface area contributed by atoms with Gasteiger partial charge < -0.3 is 4.74 Å². The Bertz CT molecular complexity index is 896. The molecule has 1 aliphatic carbocycles. The van der Waals surface area contributed by atoms with E-state index in [1.807, 2.05) is 24.3 Å². The van der Waals surface area contributed by atoms with Crippen molar-refractivity contribution >= 4 is 15.8 Å². The van der Waals surface area contributed by atoms with Crippen molar-refractivity contribution in [3.05, 3.63) is 59.7 Å². The predicted octanol–water partition coefficient (Wildman–Crippen LogP) is 3.69. The molecule has 3 rings (SSSR count). The Kier molecular flexibility index (Phi) is 5.67. The van der Waals surface area contributed by atoms with Gasteiger partial charge in [0.25, 0.3) is 0 Å². The van der Waals surface area contributed by atoms with Gasteiger partial charge in [-0.1, -0.05) is 37.1 Å². The van der Waals surface area contributed by atoms with E-state index in [0.29, 0.717) is 12.1 Å². The topological polar surface area (TPSA) is 72.5 Å². The second-order valence-electron chi connectivity index (χ2n) is 7.12. The Morgan fingerprint density at radius 1 is 1.04 bits per heavy atom. The molecule has 0 unspecified atom stereocenters. The Morgan fingerprint density at radius 3 is 2.15 bits per heavy atom. The Balaban J connectivity index is 1.79. The third kappa shape index (κ3) is 4.22. The third-order valence-electron chi connectivity index (χ3n) is 5.43. The first-order chi connectivity index (χ1) is 12.9. The molecule has 6 heteroatoms. The zero-order valence-corrected chi connectivity index (χ0v) is 16.5. The number of carbonyl (C=O) groups is 1. The average Bonchev–Trinajstić information content (AvgIpc) is 3.17. The van der Waals surface area contributed by atoms with Crippen molar-refractivity contribution in [1.82, 2.24) is 4.72 Å². The molecule has 0 spiro atoms. The molecule has 0 bridgehead atoms. The molecule has 1 N–H and O–H groups in total. The van der Waals surface area contributed by atoms with Crippen molar-refractivity contribution in [2.75, 3.05) is 13.7 Å². The minimum atomic E-state index is -3.64. The number of ether oxygens (including phenoxy) is 1. The number of ketones is 1. The molecule has 0 heterocycles. The SMILES string of the molecule is COc1ccc(C2(CNS(=O)(=O)c3ccc(C(C)=O)cc3)CCCC2)cc1. The maximum atomic E-state index is 12.7. The molecule has 1 aliphatic rings. The maximum absolute atomic E-state index is 12.7. The van der Waals surface area contributed by atoms with E-state index in [1.165, 1.54) is 19.1 Å². The van der Waals surface area contributed by atoms with Gasteiger partial charge in [0, 0.05) is 17.5 Å². The fraction of sp³-hybridized carbons (Fsp3) is 0.381. The largest absolute Gasteiger partial charge is 0.497 e. The van der Waals surface area contributed by atoms with Crippen LogP contribution in [0, 0.1) is 0 Å². The van der Waals surface area contributed by atoms with Crippen LogP contribution in [0.1, 0.15) is 48.5 Å². The van der Waals surface area contributed by atoms with E-state index in [0.717, 1.165) is 37.0 Å². The summed E-state index contributed by atoms with van der Waals surface area (Å²) in [4.78, 5) is 11.6. The van der Waals surface area contributed by atoms with Crippen LogP contribution in [0.5, 0.6) is 5.75 Å². The quantitative estimate of drug-likeness (QED) is 0.736. The van der Waals surface area contributed by atoms with E-state index in [9.17, 15) is 13.2 Å². The molecule has 0 saturated heterocycles. The molecule has 0 atom stereocenters. The summed E-state index contributed by atoms with van der Waals surface area (Å²) in [6, 6.07) is 14.0. The molecule has 0 radical (unpaired) electrons. The lowest BCUT2D eigenvalue weighted by atomic mass is 9.79. The fourth-order valence-electron chi connectivity index (χ4n) is 3.75. The number of Topliss-reactive ketones (excluding diaryl/α,β-unsaturated/α-hetero) is 1. The third-order valence-corrected chi connectivity index (χ3v) is 6.85. The highest BCUT2D eigenvalue weighted by Crippen LogP contribution is 2.41. The smallest absolute Gasteiger partial charge is 0.240 e. The van der Waals surface area contributed by atoms with Crippen LogP contribution in [0.15, 0.2) is 53.4 Å². The van der Waals surface area contributed by atoms with Crippen LogP contribution in [-0.2, 0) is 15.4 Å². The predicted molar refractivity (Wildman–Crippen MR) is 105 cm³/mol. The summed E-state index contributed by atoms with van der Waals surface area (Å²) in [6.45, 7) is 1.82. The first-order valence-corrected chi connectivity index (χ1v) is 10.6. The van der Waals surface area contributed by atoms with E-state index < -0.39 is 10.0 Å². The second kappa shape index (κ2) is 7.82. The molecule has 0 aromatic heterocycles. The first kappa shape index (κ1) is 19.6. The van der Waals surface area contributed by atoms with Gasteiger partial charge in [-0.3, -0.25) is 4.79 Å². The minimum Gasteiger partial charge on any atom is -0.497 e. The zero-order valence-electron chi connectivity index (χ0n) is 15.7. The van der Waals surface area contributed by atoms with Crippen LogP contribution < -0.4 is 9.46 Å². The highest BCUT2D eigenvalue weighted by molar-refractivity contribution is 7.89. The van der Waals surface area contributed by atoms with E-state index in [1.54, 1.807) is 19.2 Å². The van der Waals surface area contributed by atoms with Gasteiger partial charge in [-0.15, -0.1) is 0 Å². The highest BCUT2D eigenvalue weighted by atomic mass is 32.2. The second-order valence-corrected chi connectivity index (χ2v) is 8.89. The fourth-order valence-corrected chi connectivity index (χ4v) is 4.88. The number of methoxy groups -OCH3 is 1. The molecule has 2 aromatic carbocycles. The average molecular weight is 388 g/mol. The summed E-state index contributed by atoms with van der Waals surface area (Å²) in [7, 11) is -2.00. The zero-order chi connectivity index (χ0) is 19.5. The molecular formula is C21H25NO4S. The van der Waals surface area contributed by atoms with Gasteiger partial charge in [0.05, 0.1) is 12.0 Å². The summed E-state index contributed by atoms with van der Waals surface area (Å²) < 4.78 is 33.5. The van der Waals surface area contributed by atoms with Crippen LogP contribution in [0.3, 0.4) is 0 Å². The lowest BCUT2D eigenvalue weighted by Crippen LogP contribution is -2.39. The number of rotatable bonds is 7. The number of nitrogens with one attached hydrogen (secondary N) is 1. The van der Waals surface area contributed by atoms with Crippen molar-refractivity contribution in [2.24, 2.45) is 0 Å². The Labute approximate surface area is 160 Å². The number of sulfonamides is 1. The lowest BCUT2D eigenvalue weighted by Gasteiger charge is -2.30. The molecule has 1 saturated carbocycles. The van der Waals surface area contributed by atoms with Gasteiger partial charge in [0.15, 0.2) is 5.78 Å². The first-order valence-electron chi connectivity index (χ1n) is 9.12. The maximum Gasteiger partial charge on any atom is 0.240 e. The summed E-state index contributed by atoms with van der Waals surface area (Å²) >= 11 is 0. The van der Waals surface area contributed by atoms with Crippen molar-refractivity contribution in [3.8, 4) is 5.75 Å². The lowest BCUT2D eigenvalue weighted by molar-refractivity contribution is 0.101. The molecule has 0 amide bonds. The molecule has 2 aromatic rings. The summed E-state index contributed by atoms with van der Waals surface area (Å²) in [5, 5.41) is 0. The van der Waals surface area contributed by atoms with Crippen LogP contribution in [-0.4, -0.2) is 27.9 Å². The Hall–Kier alpha value is -2.18. The summed E-state index contributed by atoms with van der Waals surface area (Å²) in [5.41, 5.74) is 1.44. The molecule has 1 fully saturated rings. The van der Waals surface area contributed by atoms with Gasteiger partial charge in [-0.05, 0) is 49.6 Å². The normalized spacial score (nSPS) is 16.2. The molecule has 27 heavy (non-hydrogen) atoms. The van der Waals surface area contributed by atoms with Gasteiger partial charge in [-0.25, -0.2) is 13.1 Å². The van der Waals surface area contributed by atoms with Gasteiger partial charge in [0.2, 0.25) is 10.0 Å². The van der Waals surface area contributed by atoms with Crippen molar-refractivity contribution in [2.45, 2.75) is 42.9 Å². The number of carbonyl (C=O) groups excluding carboxylic acids is 1. The minimum absolute atomic E-state index is 0.0867. The van der Waals surface area contributed by atoms with E-state index in [4.69, 9.17) is 4.74 Å². The molecule has 144 valence electrons. The van der Waals surface area contributed by atoms with Crippen LogP contribution >= 0.6 is 0 Å². The highest BCUT2D eigenvalue weighted by Gasteiger charge is 2.36. The standard InChI is InChI=1S/C21H25NO4S/c1-16(23)17-5-11-20(12-6-17)27(24,25)22-15-21(13-3-4-14-21)18-7-9-19(26-2)10-8-18/h5-12,22H,3-4,13-15H2,1-2H3. The summed E-state index contributed by atoms with van der Waals surface area (Å²) in [5.74, 6) is 0.703. The van der Waals surface area contributed by atoms with Gasteiger partial charge in [-0.2, -0.15) is 0 Å². The van der Waals surface area contributed by atoms with E-state index in [-0.39, 0.29) is 16.1 Å². The Morgan fingerprint density at radius 2 is 1.63 bits per heavy atom. The van der Waals surface area contributed by atoms with Crippen molar-refractivity contribution < 1.29 is 17.9 Å². The van der Waals surface area contributed by atoms with Crippen LogP contribution in [0.2, 0.25) is 0 Å². The van der Waals surface area contributed by atoms with Crippen molar-refractivity contribution in [1.29, 1.82) is 0 Å². The molecular weight excluding hydrogens is 362 g/mol. The molecule has 5 nitrogen and oxygen atoms in total. The summed E-state index contributed by atoms with van der Waals surface area (Å²) in [6.07, 6.45) is 4.07. The number of hydrogen-bond donors (Lipinski definition) is 1. The number of benzene rings is 2. The monoisotopic (exact) mass is 387 g/mol. The van der Waals surface area contributed by atoms with E-state index in [2.05, 4.69) is 4.72 Å². The molecule has 0 aliphatic heterocycles. The van der Waals surface area contributed by atoms with Gasteiger partial charge >= 0.3 is 0 Å². The van der Waals surface area contributed by atoms with Gasteiger partial charge in [0.1, 0.15) is 5.75 Å². The van der Waals surface area contributed by atoms with Crippen LogP contribution in [0.25, 0.3) is 0 Å². The number of hydrogen-bond acceptors (Lipinski definition) is 4. The van der Waals surface area contributed by atoms with Crippen molar-refractivity contribution in [3.63, 3.8) is 0 Å². The van der Waals surface area contributed by atoms with E-state index >= 15 is 0 Å². The van der Waals surface area contributed by atoms with Crippen LogP contribution in [0.4, 0.5) is 0 Å².